The molecule has 0 aliphatic heterocycles. The Hall–Kier alpha value is -4.28. The van der Waals surface area contributed by atoms with Crippen LogP contribution in [0.4, 0.5) is 11.4 Å². The van der Waals surface area contributed by atoms with Gasteiger partial charge in [-0.25, -0.2) is 5.43 Å². The van der Waals surface area contributed by atoms with Crippen molar-refractivity contribution in [3.8, 4) is 17.2 Å². The summed E-state index contributed by atoms with van der Waals surface area (Å²) in [4.78, 5) is 36.4. The second-order valence-electron chi connectivity index (χ2n) is 7.46. The summed E-state index contributed by atoms with van der Waals surface area (Å²) < 4.78 is 16.3. The molecule has 198 valence electrons. The lowest BCUT2D eigenvalue weighted by Crippen LogP contribution is -2.32. The van der Waals surface area contributed by atoms with E-state index in [1.807, 2.05) is 0 Å². The molecule has 0 saturated carbocycles. The molecule has 0 atom stereocenters. The summed E-state index contributed by atoms with van der Waals surface area (Å²) in [5, 5.41) is 9.23. The van der Waals surface area contributed by atoms with Crippen molar-refractivity contribution in [1.82, 2.24) is 5.43 Å². The predicted octanol–water partition coefficient (Wildman–Crippen LogP) is 4.51. The number of nitrogens with one attached hydrogen (secondary N) is 3. The van der Waals surface area contributed by atoms with Gasteiger partial charge >= 0.3 is 11.8 Å². The van der Waals surface area contributed by atoms with E-state index < -0.39 is 11.8 Å². The minimum Gasteiger partial charge on any atom is -0.497 e. The van der Waals surface area contributed by atoms with Gasteiger partial charge in [-0.15, -0.1) is 0 Å². The van der Waals surface area contributed by atoms with E-state index in [0.29, 0.717) is 35.1 Å². The number of ether oxygens (including phenoxy) is 3. The van der Waals surface area contributed by atoms with Gasteiger partial charge in [-0.2, -0.15) is 5.10 Å². The Bertz CT molecular complexity index is 1330. The van der Waals surface area contributed by atoms with Gasteiger partial charge in [0.15, 0.2) is 18.1 Å². The van der Waals surface area contributed by atoms with Crippen LogP contribution in [0.2, 0.25) is 10.0 Å². The van der Waals surface area contributed by atoms with Crippen LogP contribution in [0.1, 0.15) is 12.5 Å². The predicted molar refractivity (Wildman–Crippen MR) is 146 cm³/mol. The van der Waals surface area contributed by atoms with Crippen LogP contribution >= 0.6 is 23.2 Å². The van der Waals surface area contributed by atoms with Crippen LogP contribution in [0.25, 0.3) is 0 Å². The number of halogens is 2. The van der Waals surface area contributed by atoms with Crippen LogP contribution in [0.5, 0.6) is 17.2 Å². The minimum atomic E-state index is -1.01. The number of methoxy groups -OCH3 is 1. The van der Waals surface area contributed by atoms with Crippen molar-refractivity contribution in [1.29, 1.82) is 0 Å². The van der Waals surface area contributed by atoms with Crippen molar-refractivity contribution in [2.45, 2.75) is 6.92 Å². The Morgan fingerprint density at radius 3 is 2.39 bits per heavy atom. The maximum absolute atomic E-state index is 12.3. The highest BCUT2D eigenvalue weighted by Crippen LogP contribution is 2.30. The molecule has 0 unspecified atom stereocenters. The quantitative estimate of drug-likeness (QED) is 0.191. The first-order chi connectivity index (χ1) is 18.3. The third-order valence-corrected chi connectivity index (χ3v) is 5.60. The van der Waals surface area contributed by atoms with E-state index in [9.17, 15) is 14.4 Å². The number of carbonyl (C=O) groups excluding carboxylic acids is 3. The van der Waals surface area contributed by atoms with E-state index in [2.05, 4.69) is 21.2 Å². The number of nitrogens with zero attached hydrogens (tertiary/aromatic N) is 1. The van der Waals surface area contributed by atoms with Gasteiger partial charge in [0.2, 0.25) is 0 Å². The lowest BCUT2D eigenvalue weighted by Gasteiger charge is -2.13. The normalized spacial score (nSPS) is 10.5. The van der Waals surface area contributed by atoms with Gasteiger partial charge in [0.1, 0.15) is 5.75 Å². The third-order valence-electron chi connectivity index (χ3n) is 4.79. The zero-order valence-electron chi connectivity index (χ0n) is 20.4. The Kier molecular flexibility index (Phi) is 10.3. The SMILES string of the molecule is CCOc1cc(/C=N\NC(=O)C(=O)Nc2cccc(Cl)c2Cl)ccc1OCC(=O)Nc1ccc(OC)cc1. The molecular weight excluding hydrogens is 535 g/mol. The number of carbonyl (C=O) groups is 3. The van der Waals surface area contributed by atoms with Crippen LogP contribution in [0, 0.1) is 0 Å². The second kappa shape index (κ2) is 13.9. The summed E-state index contributed by atoms with van der Waals surface area (Å²) in [6.07, 6.45) is 1.32. The Morgan fingerprint density at radius 2 is 1.68 bits per heavy atom. The maximum Gasteiger partial charge on any atom is 0.329 e. The lowest BCUT2D eigenvalue weighted by atomic mass is 10.2. The molecule has 0 spiro atoms. The number of hydrazone groups is 1. The molecule has 0 bridgehead atoms. The summed E-state index contributed by atoms with van der Waals surface area (Å²) in [5.74, 6) is -0.954. The van der Waals surface area contributed by atoms with Crippen molar-refractivity contribution in [3.05, 3.63) is 76.3 Å². The first-order valence-electron chi connectivity index (χ1n) is 11.2. The number of amides is 3. The van der Waals surface area contributed by atoms with Crippen molar-refractivity contribution in [2.75, 3.05) is 31.0 Å². The first kappa shape index (κ1) is 28.3. The van der Waals surface area contributed by atoms with Gasteiger partial charge < -0.3 is 24.8 Å². The topological polar surface area (TPSA) is 127 Å². The number of rotatable bonds is 10. The molecule has 0 saturated heterocycles. The van der Waals surface area contributed by atoms with Gasteiger partial charge in [0.25, 0.3) is 5.91 Å². The van der Waals surface area contributed by atoms with E-state index >= 15 is 0 Å². The van der Waals surface area contributed by atoms with Crippen LogP contribution < -0.4 is 30.3 Å². The number of hydrogen-bond acceptors (Lipinski definition) is 7. The number of anilines is 2. The molecule has 0 aliphatic carbocycles. The molecule has 12 heteroatoms. The monoisotopic (exact) mass is 558 g/mol. The first-order valence-corrected chi connectivity index (χ1v) is 12.0. The molecule has 0 fully saturated rings. The van der Waals surface area contributed by atoms with Crippen molar-refractivity contribution < 1.29 is 28.6 Å². The molecule has 3 amide bonds. The maximum atomic E-state index is 12.3. The summed E-state index contributed by atoms with van der Waals surface area (Å²) in [7, 11) is 1.56. The summed E-state index contributed by atoms with van der Waals surface area (Å²) in [5.41, 5.74) is 3.47. The van der Waals surface area contributed by atoms with Crippen LogP contribution in [0.3, 0.4) is 0 Å². The smallest absolute Gasteiger partial charge is 0.329 e. The van der Waals surface area contributed by atoms with E-state index in [1.165, 1.54) is 12.3 Å². The van der Waals surface area contributed by atoms with E-state index in [4.69, 9.17) is 37.4 Å². The summed E-state index contributed by atoms with van der Waals surface area (Å²) in [6.45, 7) is 1.89. The van der Waals surface area contributed by atoms with Crippen LogP contribution in [0.15, 0.2) is 65.8 Å². The fourth-order valence-corrected chi connectivity index (χ4v) is 3.35. The van der Waals surface area contributed by atoms with Gasteiger partial charge in [-0.1, -0.05) is 29.3 Å². The van der Waals surface area contributed by atoms with Gasteiger partial charge in [-0.3, -0.25) is 14.4 Å². The fourth-order valence-electron chi connectivity index (χ4n) is 3.00. The number of hydrogen-bond donors (Lipinski definition) is 3. The standard InChI is InChI=1S/C26H24Cl2N4O6/c1-3-37-22-13-16(14-29-32-26(35)25(34)31-20-6-4-5-19(27)24(20)28)7-12-21(22)38-15-23(33)30-17-8-10-18(36-2)11-9-17/h4-14H,3,15H2,1-2H3,(H,30,33)(H,31,34)(H,32,35)/b29-14-. The third kappa shape index (κ3) is 8.12. The van der Waals surface area contributed by atoms with Crippen molar-refractivity contribution in [3.63, 3.8) is 0 Å². The Balaban J connectivity index is 1.56. The molecule has 0 radical (unpaired) electrons. The molecule has 0 aliphatic rings. The minimum absolute atomic E-state index is 0.114. The highest BCUT2D eigenvalue weighted by atomic mass is 35.5. The van der Waals surface area contributed by atoms with Gasteiger partial charge in [-0.05, 0) is 67.1 Å². The zero-order valence-corrected chi connectivity index (χ0v) is 21.9. The fraction of sp³-hybridized carbons (Fsp3) is 0.154. The lowest BCUT2D eigenvalue weighted by molar-refractivity contribution is -0.136. The van der Waals surface area contributed by atoms with Gasteiger partial charge in [0, 0.05) is 5.69 Å². The molecule has 3 aromatic carbocycles. The largest absolute Gasteiger partial charge is 0.497 e. The Labute approximate surface area is 228 Å². The molecule has 3 aromatic rings. The van der Waals surface area contributed by atoms with Gasteiger partial charge in [0.05, 0.1) is 35.7 Å². The van der Waals surface area contributed by atoms with Crippen LogP contribution in [-0.2, 0) is 14.4 Å². The Morgan fingerprint density at radius 1 is 0.921 bits per heavy atom. The molecule has 0 aromatic heterocycles. The zero-order chi connectivity index (χ0) is 27.5. The molecule has 3 rings (SSSR count). The van der Waals surface area contributed by atoms with E-state index in [1.54, 1.807) is 68.6 Å². The number of benzene rings is 3. The van der Waals surface area contributed by atoms with E-state index in [-0.39, 0.29) is 28.2 Å². The highest BCUT2D eigenvalue weighted by molar-refractivity contribution is 6.45. The molecule has 38 heavy (non-hydrogen) atoms. The summed E-state index contributed by atoms with van der Waals surface area (Å²) in [6, 6.07) is 16.4. The summed E-state index contributed by atoms with van der Waals surface area (Å²) >= 11 is 11.9. The van der Waals surface area contributed by atoms with Crippen molar-refractivity contribution >= 4 is 58.5 Å². The molecule has 0 heterocycles. The van der Waals surface area contributed by atoms with Crippen molar-refractivity contribution in [2.24, 2.45) is 5.10 Å². The molecule has 10 nitrogen and oxygen atoms in total. The molecule has 3 N–H and O–H groups in total. The molecular formula is C26H24Cl2N4O6. The highest BCUT2D eigenvalue weighted by Gasteiger charge is 2.15. The average Bonchev–Trinajstić information content (AvgIpc) is 2.91. The van der Waals surface area contributed by atoms with Crippen LogP contribution in [-0.4, -0.2) is 44.3 Å². The van der Waals surface area contributed by atoms with E-state index in [0.717, 1.165) is 0 Å². The second-order valence-corrected chi connectivity index (χ2v) is 8.24. The average molecular weight is 559 g/mol.